The third kappa shape index (κ3) is 4.58. The van der Waals surface area contributed by atoms with Gasteiger partial charge < -0.3 is 8.92 Å². The van der Waals surface area contributed by atoms with Gasteiger partial charge >= 0.3 is 10.1 Å². The van der Waals surface area contributed by atoms with Crippen LogP contribution in [0.15, 0.2) is 76.6 Å². The van der Waals surface area contributed by atoms with Crippen LogP contribution in [0.1, 0.15) is 16.7 Å². The molecule has 0 aliphatic heterocycles. The van der Waals surface area contributed by atoms with Gasteiger partial charge in [-0.15, -0.1) is 0 Å². The van der Waals surface area contributed by atoms with Crippen LogP contribution in [0.3, 0.4) is 0 Å². The van der Waals surface area contributed by atoms with Crippen LogP contribution in [0.5, 0.6) is 11.5 Å². The number of hydrogen-bond donors (Lipinski definition) is 0. The highest BCUT2D eigenvalue weighted by Crippen LogP contribution is 2.30. The SMILES string of the molecule is COc1cc(C=Nc2ccc(C)c(C)c2)ccc1OS(=O)(=O)c1ccccc1. The van der Waals surface area contributed by atoms with Crippen molar-refractivity contribution in [2.24, 2.45) is 4.99 Å². The van der Waals surface area contributed by atoms with Crippen LogP contribution in [0, 0.1) is 13.8 Å². The fourth-order valence-electron chi connectivity index (χ4n) is 2.54. The molecule has 0 saturated heterocycles. The van der Waals surface area contributed by atoms with Crippen LogP contribution >= 0.6 is 0 Å². The van der Waals surface area contributed by atoms with Gasteiger partial charge in [0.15, 0.2) is 11.5 Å². The Morgan fingerprint density at radius 1 is 0.857 bits per heavy atom. The van der Waals surface area contributed by atoms with E-state index < -0.39 is 10.1 Å². The molecule has 0 saturated carbocycles. The maximum atomic E-state index is 12.4. The smallest absolute Gasteiger partial charge is 0.339 e. The number of methoxy groups -OCH3 is 1. The molecule has 0 radical (unpaired) electrons. The second-order valence-corrected chi connectivity index (χ2v) is 7.83. The quantitative estimate of drug-likeness (QED) is 0.443. The van der Waals surface area contributed by atoms with Crippen molar-refractivity contribution in [3.05, 3.63) is 83.4 Å². The Hall–Kier alpha value is -3.12. The number of hydrogen-bond acceptors (Lipinski definition) is 5. The Morgan fingerprint density at radius 2 is 1.61 bits per heavy atom. The summed E-state index contributed by atoms with van der Waals surface area (Å²) in [4.78, 5) is 4.55. The molecule has 0 N–H and O–H groups in total. The minimum atomic E-state index is -3.94. The molecule has 144 valence electrons. The molecule has 0 amide bonds. The average molecular weight is 395 g/mol. The molecular formula is C22H21NO4S. The fraction of sp³-hybridized carbons (Fsp3) is 0.136. The lowest BCUT2D eigenvalue weighted by molar-refractivity contribution is 0.390. The van der Waals surface area contributed by atoms with Crippen molar-refractivity contribution in [2.45, 2.75) is 18.7 Å². The fourth-order valence-corrected chi connectivity index (χ4v) is 3.50. The zero-order valence-electron chi connectivity index (χ0n) is 15.9. The molecule has 0 aliphatic carbocycles. The van der Waals surface area contributed by atoms with Crippen LogP contribution in [0.25, 0.3) is 0 Å². The van der Waals surface area contributed by atoms with E-state index in [9.17, 15) is 8.42 Å². The molecule has 5 nitrogen and oxygen atoms in total. The number of aryl methyl sites for hydroxylation is 2. The topological polar surface area (TPSA) is 65.0 Å². The standard InChI is InChI=1S/C22H21NO4S/c1-16-9-11-19(13-17(16)2)23-15-18-10-12-21(22(14-18)26-3)27-28(24,25)20-7-5-4-6-8-20/h4-15H,1-3H3. The van der Waals surface area contributed by atoms with Crippen molar-refractivity contribution in [2.75, 3.05) is 7.11 Å². The van der Waals surface area contributed by atoms with Crippen molar-refractivity contribution in [1.82, 2.24) is 0 Å². The molecule has 3 rings (SSSR count). The van der Waals surface area contributed by atoms with Crippen molar-refractivity contribution >= 4 is 22.0 Å². The van der Waals surface area contributed by atoms with Crippen molar-refractivity contribution in [3.8, 4) is 11.5 Å². The number of ether oxygens (including phenoxy) is 1. The molecule has 0 aromatic heterocycles. The van der Waals surface area contributed by atoms with Gasteiger partial charge in [-0.3, -0.25) is 4.99 Å². The summed E-state index contributed by atoms with van der Waals surface area (Å²) in [6.07, 6.45) is 1.70. The lowest BCUT2D eigenvalue weighted by atomic mass is 10.1. The third-order valence-corrected chi connectivity index (χ3v) is 5.52. The van der Waals surface area contributed by atoms with Crippen molar-refractivity contribution < 1.29 is 17.3 Å². The van der Waals surface area contributed by atoms with Gasteiger partial charge in [-0.05, 0) is 73.0 Å². The molecule has 28 heavy (non-hydrogen) atoms. The lowest BCUT2D eigenvalue weighted by Gasteiger charge is -2.11. The van der Waals surface area contributed by atoms with Crippen LogP contribution in [0.4, 0.5) is 5.69 Å². The van der Waals surface area contributed by atoms with Gasteiger partial charge in [0.2, 0.25) is 0 Å². The van der Waals surface area contributed by atoms with E-state index in [1.807, 2.05) is 25.1 Å². The van der Waals surface area contributed by atoms with E-state index in [-0.39, 0.29) is 10.6 Å². The van der Waals surface area contributed by atoms with Gasteiger partial charge in [-0.1, -0.05) is 24.3 Å². The van der Waals surface area contributed by atoms with E-state index in [4.69, 9.17) is 8.92 Å². The Labute approximate surface area is 165 Å². The average Bonchev–Trinajstić information content (AvgIpc) is 2.70. The molecule has 0 bridgehead atoms. The first kappa shape index (κ1) is 19.6. The predicted molar refractivity (Wildman–Crippen MR) is 110 cm³/mol. The molecular weight excluding hydrogens is 374 g/mol. The highest BCUT2D eigenvalue weighted by atomic mass is 32.2. The Balaban J connectivity index is 1.84. The summed E-state index contributed by atoms with van der Waals surface area (Å²) >= 11 is 0. The second kappa shape index (κ2) is 8.27. The third-order valence-electron chi connectivity index (χ3n) is 4.27. The van der Waals surface area contributed by atoms with E-state index in [0.717, 1.165) is 11.3 Å². The summed E-state index contributed by atoms with van der Waals surface area (Å²) in [6, 6.07) is 18.9. The molecule has 0 atom stereocenters. The van der Waals surface area contributed by atoms with Crippen LogP contribution in [0.2, 0.25) is 0 Å². The molecule has 6 heteroatoms. The van der Waals surface area contributed by atoms with Crippen LogP contribution in [-0.4, -0.2) is 21.7 Å². The summed E-state index contributed by atoms with van der Waals surface area (Å²) in [5, 5.41) is 0. The molecule has 0 unspecified atom stereocenters. The first-order valence-electron chi connectivity index (χ1n) is 8.68. The van der Waals surface area contributed by atoms with E-state index in [0.29, 0.717) is 5.75 Å². The lowest BCUT2D eigenvalue weighted by Crippen LogP contribution is -2.10. The maximum Gasteiger partial charge on any atom is 0.339 e. The van der Waals surface area contributed by atoms with Gasteiger partial charge in [0.05, 0.1) is 12.8 Å². The Bertz CT molecular complexity index is 1110. The monoisotopic (exact) mass is 395 g/mol. The van der Waals surface area contributed by atoms with Crippen LogP contribution in [-0.2, 0) is 10.1 Å². The number of rotatable bonds is 6. The number of nitrogens with zero attached hydrogens (tertiary/aromatic N) is 1. The normalized spacial score (nSPS) is 11.5. The molecule has 0 spiro atoms. The first-order chi connectivity index (χ1) is 13.4. The highest BCUT2D eigenvalue weighted by molar-refractivity contribution is 7.87. The van der Waals surface area contributed by atoms with Gasteiger partial charge in [0.25, 0.3) is 0 Å². The van der Waals surface area contributed by atoms with Gasteiger partial charge in [0.1, 0.15) is 4.90 Å². The summed E-state index contributed by atoms with van der Waals surface area (Å²) in [7, 11) is -2.48. The van der Waals surface area contributed by atoms with Gasteiger partial charge in [0, 0.05) is 6.21 Å². The minimum absolute atomic E-state index is 0.0810. The van der Waals surface area contributed by atoms with Crippen LogP contribution < -0.4 is 8.92 Å². The summed E-state index contributed by atoms with van der Waals surface area (Å²) in [5.74, 6) is 0.429. The van der Waals surface area contributed by atoms with E-state index >= 15 is 0 Å². The molecule has 0 heterocycles. The molecule has 0 fully saturated rings. The maximum absolute atomic E-state index is 12.4. The molecule has 3 aromatic rings. The Morgan fingerprint density at radius 3 is 2.29 bits per heavy atom. The van der Waals surface area contributed by atoms with E-state index in [2.05, 4.69) is 11.9 Å². The highest BCUT2D eigenvalue weighted by Gasteiger charge is 2.18. The van der Waals surface area contributed by atoms with E-state index in [1.54, 1.807) is 42.6 Å². The van der Waals surface area contributed by atoms with Crippen molar-refractivity contribution in [3.63, 3.8) is 0 Å². The number of benzene rings is 3. The largest absolute Gasteiger partial charge is 0.493 e. The second-order valence-electron chi connectivity index (χ2n) is 6.29. The molecule has 0 aliphatic rings. The van der Waals surface area contributed by atoms with Gasteiger partial charge in [-0.2, -0.15) is 8.42 Å². The number of aliphatic imine (C=N–C) groups is 1. The zero-order valence-corrected chi connectivity index (χ0v) is 16.7. The predicted octanol–water partition coefficient (Wildman–Crippen LogP) is 4.83. The zero-order chi connectivity index (χ0) is 20.1. The molecule has 3 aromatic carbocycles. The van der Waals surface area contributed by atoms with Gasteiger partial charge in [-0.25, -0.2) is 0 Å². The van der Waals surface area contributed by atoms with Crippen molar-refractivity contribution in [1.29, 1.82) is 0 Å². The summed E-state index contributed by atoms with van der Waals surface area (Å²) in [5.41, 5.74) is 3.98. The first-order valence-corrected chi connectivity index (χ1v) is 10.1. The summed E-state index contributed by atoms with van der Waals surface area (Å²) < 4.78 is 35.4. The summed E-state index contributed by atoms with van der Waals surface area (Å²) in [6.45, 7) is 4.09. The minimum Gasteiger partial charge on any atom is -0.493 e. The van der Waals surface area contributed by atoms with E-state index in [1.165, 1.54) is 30.4 Å². The Kier molecular flexibility index (Phi) is 5.80.